The van der Waals surface area contributed by atoms with Gasteiger partial charge in [-0.1, -0.05) is 36.8 Å². The highest BCUT2D eigenvalue weighted by Gasteiger charge is 2.32. The fourth-order valence-corrected chi connectivity index (χ4v) is 3.70. The Kier molecular flexibility index (Phi) is 5.11. The van der Waals surface area contributed by atoms with Crippen LogP contribution in [0.1, 0.15) is 31.2 Å². The van der Waals surface area contributed by atoms with E-state index in [4.69, 9.17) is 10.5 Å². The first-order valence-corrected chi connectivity index (χ1v) is 8.41. The summed E-state index contributed by atoms with van der Waals surface area (Å²) in [6.45, 7) is 1.99. The van der Waals surface area contributed by atoms with Gasteiger partial charge < -0.3 is 15.4 Å². The third kappa shape index (κ3) is 3.68. The summed E-state index contributed by atoms with van der Waals surface area (Å²) in [4.78, 5) is 14.7. The third-order valence-corrected chi connectivity index (χ3v) is 5.02. The molecule has 3 rings (SSSR count). The first-order chi connectivity index (χ1) is 10.7. The van der Waals surface area contributed by atoms with Crippen molar-refractivity contribution in [3.63, 3.8) is 0 Å². The Morgan fingerprint density at radius 1 is 1.27 bits per heavy atom. The second-order valence-electron chi connectivity index (χ2n) is 6.56. The van der Waals surface area contributed by atoms with Crippen molar-refractivity contribution in [1.82, 2.24) is 4.90 Å². The van der Waals surface area contributed by atoms with Crippen molar-refractivity contribution in [2.24, 2.45) is 11.7 Å². The normalized spacial score (nSPS) is 28.8. The SMILES string of the molecule is N[C@@H]1CCC[C@H]1CC(=O)N1CCOCC1Cc1ccccc1. The lowest BCUT2D eigenvalue weighted by atomic mass is 9.97. The summed E-state index contributed by atoms with van der Waals surface area (Å²) in [5, 5.41) is 0. The van der Waals surface area contributed by atoms with Gasteiger partial charge in [0.05, 0.1) is 19.3 Å². The number of ether oxygens (including phenoxy) is 1. The van der Waals surface area contributed by atoms with Gasteiger partial charge in [0.1, 0.15) is 0 Å². The number of nitrogens with zero attached hydrogens (tertiary/aromatic N) is 1. The molecule has 1 heterocycles. The number of hydrogen-bond donors (Lipinski definition) is 1. The average Bonchev–Trinajstić information content (AvgIpc) is 2.94. The van der Waals surface area contributed by atoms with Crippen LogP contribution in [0.25, 0.3) is 0 Å². The van der Waals surface area contributed by atoms with Crippen LogP contribution in [0.5, 0.6) is 0 Å². The summed E-state index contributed by atoms with van der Waals surface area (Å²) in [5.41, 5.74) is 7.38. The van der Waals surface area contributed by atoms with Crippen molar-refractivity contribution in [3.05, 3.63) is 35.9 Å². The molecule has 1 saturated carbocycles. The number of carbonyl (C=O) groups is 1. The third-order valence-electron chi connectivity index (χ3n) is 5.02. The summed E-state index contributed by atoms with van der Waals surface area (Å²) in [6.07, 6.45) is 4.79. The molecule has 120 valence electrons. The maximum absolute atomic E-state index is 12.7. The lowest BCUT2D eigenvalue weighted by Gasteiger charge is -2.36. The van der Waals surface area contributed by atoms with Gasteiger partial charge in [0.15, 0.2) is 0 Å². The van der Waals surface area contributed by atoms with Gasteiger partial charge in [-0.05, 0) is 30.7 Å². The minimum absolute atomic E-state index is 0.154. The van der Waals surface area contributed by atoms with E-state index in [1.807, 2.05) is 23.1 Å². The van der Waals surface area contributed by atoms with E-state index in [1.165, 1.54) is 5.56 Å². The number of rotatable bonds is 4. The number of carbonyl (C=O) groups excluding carboxylic acids is 1. The van der Waals surface area contributed by atoms with Crippen molar-refractivity contribution in [3.8, 4) is 0 Å². The Bertz CT molecular complexity index is 491. The molecular weight excluding hydrogens is 276 g/mol. The highest BCUT2D eigenvalue weighted by atomic mass is 16.5. The first-order valence-electron chi connectivity index (χ1n) is 8.41. The zero-order valence-corrected chi connectivity index (χ0v) is 13.1. The van der Waals surface area contributed by atoms with Crippen LogP contribution < -0.4 is 5.73 Å². The van der Waals surface area contributed by atoms with Gasteiger partial charge in [-0.15, -0.1) is 0 Å². The molecule has 1 aliphatic carbocycles. The predicted octanol–water partition coefficient (Wildman–Crippen LogP) is 1.97. The van der Waals surface area contributed by atoms with E-state index in [-0.39, 0.29) is 18.0 Å². The molecule has 22 heavy (non-hydrogen) atoms. The molecule has 1 aromatic rings. The maximum atomic E-state index is 12.7. The molecule has 0 radical (unpaired) electrons. The molecule has 1 amide bonds. The van der Waals surface area contributed by atoms with Crippen LogP contribution >= 0.6 is 0 Å². The quantitative estimate of drug-likeness (QED) is 0.925. The van der Waals surface area contributed by atoms with Gasteiger partial charge >= 0.3 is 0 Å². The lowest BCUT2D eigenvalue weighted by Crippen LogP contribution is -2.50. The van der Waals surface area contributed by atoms with Crippen LogP contribution in [0.15, 0.2) is 30.3 Å². The van der Waals surface area contributed by atoms with E-state index in [9.17, 15) is 4.79 Å². The molecule has 2 aliphatic rings. The Balaban J connectivity index is 1.62. The highest BCUT2D eigenvalue weighted by Crippen LogP contribution is 2.28. The largest absolute Gasteiger partial charge is 0.377 e. The minimum atomic E-state index is 0.154. The van der Waals surface area contributed by atoms with E-state index in [0.717, 1.165) is 25.7 Å². The van der Waals surface area contributed by atoms with Crippen molar-refractivity contribution in [2.45, 2.75) is 44.2 Å². The second-order valence-corrected chi connectivity index (χ2v) is 6.56. The Morgan fingerprint density at radius 2 is 2.09 bits per heavy atom. The van der Waals surface area contributed by atoms with E-state index in [2.05, 4.69) is 12.1 Å². The van der Waals surface area contributed by atoms with Gasteiger partial charge in [-0.2, -0.15) is 0 Å². The summed E-state index contributed by atoms with van der Waals surface area (Å²) in [5.74, 6) is 0.624. The zero-order valence-electron chi connectivity index (χ0n) is 13.1. The second kappa shape index (κ2) is 7.25. The Labute approximate surface area is 132 Å². The highest BCUT2D eigenvalue weighted by molar-refractivity contribution is 5.77. The molecule has 2 N–H and O–H groups in total. The molecule has 1 aliphatic heterocycles. The number of benzene rings is 1. The van der Waals surface area contributed by atoms with Crippen LogP contribution in [0, 0.1) is 5.92 Å². The van der Waals surface area contributed by atoms with E-state index in [1.54, 1.807) is 0 Å². The topological polar surface area (TPSA) is 55.6 Å². The molecule has 4 nitrogen and oxygen atoms in total. The molecule has 3 atom stereocenters. The molecule has 0 bridgehead atoms. The molecule has 4 heteroatoms. The average molecular weight is 302 g/mol. The molecule has 1 saturated heterocycles. The molecule has 1 unspecified atom stereocenters. The molecule has 2 fully saturated rings. The Morgan fingerprint density at radius 3 is 2.82 bits per heavy atom. The molecular formula is C18H26N2O2. The van der Waals surface area contributed by atoms with Crippen LogP contribution in [0.4, 0.5) is 0 Å². The summed E-state index contributed by atoms with van der Waals surface area (Å²) in [6, 6.07) is 10.7. The number of morpholine rings is 1. The van der Waals surface area contributed by atoms with Crippen LogP contribution in [-0.2, 0) is 16.0 Å². The molecule has 0 spiro atoms. The maximum Gasteiger partial charge on any atom is 0.223 e. The van der Waals surface area contributed by atoms with E-state index >= 15 is 0 Å². The smallest absolute Gasteiger partial charge is 0.223 e. The van der Waals surface area contributed by atoms with Crippen molar-refractivity contribution < 1.29 is 9.53 Å². The number of hydrogen-bond acceptors (Lipinski definition) is 3. The van der Waals surface area contributed by atoms with Crippen LogP contribution in [0.2, 0.25) is 0 Å². The van der Waals surface area contributed by atoms with Gasteiger partial charge in [0.2, 0.25) is 5.91 Å². The molecule has 1 aromatic carbocycles. The summed E-state index contributed by atoms with van der Waals surface area (Å²) < 4.78 is 5.61. The van der Waals surface area contributed by atoms with Crippen LogP contribution in [-0.4, -0.2) is 42.6 Å². The van der Waals surface area contributed by atoms with Crippen molar-refractivity contribution >= 4 is 5.91 Å². The lowest BCUT2D eigenvalue weighted by molar-refractivity contribution is -0.140. The van der Waals surface area contributed by atoms with Crippen molar-refractivity contribution in [2.75, 3.05) is 19.8 Å². The standard InChI is InChI=1S/C18H26N2O2/c19-17-8-4-7-15(17)12-18(21)20-9-10-22-13-16(20)11-14-5-2-1-3-6-14/h1-3,5-6,15-17H,4,7-13,19H2/t15-,16?,17+/m0/s1. The molecule has 0 aromatic heterocycles. The fraction of sp³-hybridized carbons (Fsp3) is 0.611. The first kappa shape index (κ1) is 15.5. The van der Waals surface area contributed by atoms with E-state index < -0.39 is 0 Å². The monoisotopic (exact) mass is 302 g/mol. The Hall–Kier alpha value is -1.39. The fourth-order valence-electron chi connectivity index (χ4n) is 3.70. The summed E-state index contributed by atoms with van der Waals surface area (Å²) in [7, 11) is 0. The van der Waals surface area contributed by atoms with Crippen LogP contribution in [0.3, 0.4) is 0 Å². The van der Waals surface area contributed by atoms with Gasteiger partial charge in [-0.3, -0.25) is 4.79 Å². The van der Waals surface area contributed by atoms with Gasteiger partial charge in [0, 0.05) is 19.0 Å². The predicted molar refractivity (Wildman–Crippen MR) is 86.4 cm³/mol. The number of amides is 1. The minimum Gasteiger partial charge on any atom is -0.377 e. The van der Waals surface area contributed by atoms with E-state index in [0.29, 0.717) is 32.1 Å². The zero-order chi connectivity index (χ0) is 15.4. The van der Waals surface area contributed by atoms with Gasteiger partial charge in [0.25, 0.3) is 0 Å². The van der Waals surface area contributed by atoms with Gasteiger partial charge in [-0.25, -0.2) is 0 Å². The van der Waals surface area contributed by atoms with Crippen molar-refractivity contribution in [1.29, 1.82) is 0 Å². The number of nitrogens with two attached hydrogens (primary N) is 1. The summed E-state index contributed by atoms with van der Waals surface area (Å²) >= 11 is 0.